The molecule has 1 aliphatic rings. The minimum absolute atomic E-state index is 0.0228. The molecule has 6 heteroatoms. The number of allylic oxidation sites excluding steroid dienone is 1. The summed E-state index contributed by atoms with van der Waals surface area (Å²) in [6, 6.07) is 21.4. The number of rotatable bonds is 3. The van der Waals surface area contributed by atoms with Crippen molar-refractivity contribution >= 4 is 11.6 Å². The Labute approximate surface area is 166 Å². The fraction of sp³-hybridized carbons (Fsp3) is 0.0455. The monoisotopic (exact) mass is 390 g/mol. The van der Waals surface area contributed by atoms with Crippen molar-refractivity contribution in [1.82, 2.24) is 0 Å². The lowest BCUT2D eigenvalue weighted by Crippen LogP contribution is -2.20. The molecule has 3 aromatic rings. The van der Waals surface area contributed by atoms with Crippen LogP contribution in [0.15, 0.2) is 78.2 Å². The quantitative estimate of drug-likeness (QED) is 0.652. The van der Waals surface area contributed by atoms with E-state index < -0.39 is 5.92 Å². The van der Waals surface area contributed by atoms with E-state index in [0.29, 0.717) is 27.8 Å². The first-order valence-corrected chi connectivity index (χ1v) is 8.87. The molecular formula is C22H15ClN2O3. The highest BCUT2D eigenvalue weighted by atomic mass is 35.5. The highest BCUT2D eigenvalue weighted by molar-refractivity contribution is 6.30. The first-order chi connectivity index (χ1) is 13.5. The van der Waals surface area contributed by atoms with Crippen LogP contribution < -0.4 is 15.2 Å². The summed E-state index contributed by atoms with van der Waals surface area (Å²) in [6.07, 6.45) is 0. The molecule has 0 fully saturated rings. The molecule has 0 radical (unpaired) electrons. The fourth-order valence-electron chi connectivity index (χ4n) is 3.18. The molecule has 1 atom stereocenters. The van der Waals surface area contributed by atoms with Crippen molar-refractivity contribution in [2.75, 3.05) is 0 Å². The van der Waals surface area contributed by atoms with Crippen molar-refractivity contribution in [3.05, 3.63) is 94.3 Å². The molecule has 28 heavy (non-hydrogen) atoms. The summed E-state index contributed by atoms with van der Waals surface area (Å²) in [5.41, 5.74) is 7.84. The second kappa shape index (κ2) is 7.18. The smallest absolute Gasteiger partial charge is 0.205 e. The number of benzene rings is 3. The van der Waals surface area contributed by atoms with Crippen LogP contribution in [-0.2, 0) is 0 Å². The van der Waals surface area contributed by atoms with E-state index in [1.54, 1.807) is 36.4 Å². The largest absolute Gasteiger partial charge is 0.508 e. The van der Waals surface area contributed by atoms with Crippen molar-refractivity contribution < 1.29 is 14.6 Å². The zero-order valence-corrected chi connectivity index (χ0v) is 15.4. The third-order valence-corrected chi connectivity index (χ3v) is 4.70. The maximum Gasteiger partial charge on any atom is 0.205 e. The van der Waals surface area contributed by atoms with Gasteiger partial charge in [0.2, 0.25) is 5.88 Å². The van der Waals surface area contributed by atoms with E-state index in [4.69, 9.17) is 26.8 Å². The van der Waals surface area contributed by atoms with Crippen LogP contribution in [0.4, 0.5) is 0 Å². The predicted molar refractivity (Wildman–Crippen MR) is 105 cm³/mol. The number of halogens is 1. The van der Waals surface area contributed by atoms with Gasteiger partial charge in [0.25, 0.3) is 0 Å². The van der Waals surface area contributed by atoms with Crippen molar-refractivity contribution in [1.29, 1.82) is 5.26 Å². The highest BCUT2D eigenvalue weighted by Gasteiger charge is 2.31. The van der Waals surface area contributed by atoms with Gasteiger partial charge in [-0.15, -0.1) is 0 Å². The van der Waals surface area contributed by atoms with Gasteiger partial charge in [-0.2, -0.15) is 5.26 Å². The molecule has 0 bridgehead atoms. The number of nitriles is 1. The normalized spacial score (nSPS) is 15.4. The third kappa shape index (κ3) is 3.34. The second-order valence-corrected chi connectivity index (χ2v) is 6.71. The highest BCUT2D eigenvalue weighted by Crippen LogP contribution is 2.44. The van der Waals surface area contributed by atoms with Gasteiger partial charge >= 0.3 is 0 Å². The molecule has 138 valence electrons. The Morgan fingerprint density at radius 2 is 1.82 bits per heavy atom. The predicted octanol–water partition coefficient (Wildman–Crippen LogP) is 5.06. The molecule has 0 saturated heterocycles. The lowest BCUT2D eigenvalue weighted by molar-refractivity contribution is 0.388. The molecule has 0 spiro atoms. The van der Waals surface area contributed by atoms with Gasteiger partial charge in [-0.05, 0) is 48.0 Å². The van der Waals surface area contributed by atoms with Gasteiger partial charge in [0.15, 0.2) is 0 Å². The molecule has 3 aromatic carbocycles. The van der Waals surface area contributed by atoms with Gasteiger partial charge in [-0.3, -0.25) is 0 Å². The molecule has 4 rings (SSSR count). The summed E-state index contributed by atoms with van der Waals surface area (Å²) in [5.74, 6) is 1.34. The van der Waals surface area contributed by atoms with Crippen molar-refractivity contribution in [3.63, 3.8) is 0 Å². The van der Waals surface area contributed by atoms with Crippen LogP contribution in [0.1, 0.15) is 17.0 Å². The van der Waals surface area contributed by atoms with E-state index in [1.807, 2.05) is 24.3 Å². The summed E-state index contributed by atoms with van der Waals surface area (Å²) in [4.78, 5) is 0. The number of hydrogen-bond acceptors (Lipinski definition) is 5. The topological polar surface area (TPSA) is 88.5 Å². The second-order valence-electron chi connectivity index (χ2n) is 6.28. The maximum atomic E-state index is 9.75. The summed E-state index contributed by atoms with van der Waals surface area (Å²) < 4.78 is 11.4. The van der Waals surface area contributed by atoms with Gasteiger partial charge in [0, 0.05) is 16.7 Å². The first kappa shape index (κ1) is 17.8. The van der Waals surface area contributed by atoms with Crippen LogP contribution in [0.3, 0.4) is 0 Å². The number of hydrogen-bond donors (Lipinski definition) is 2. The number of ether oxygens (including phenoxy) is 2. The zero-order valence-electron chi connectivity index (χ0n) is 14.6. The average molecular weight is 391 g/mol. The Bertz CT molecular complexity index is 1120. The van der Waals surface area contributed by atoms with E-state index in [1.165, 1.54) is 6.07 Å². The van der Waals surface area contributed by atoms with Crippen LogP contribution >= 0.6 is 11.6 Å². The van der Waals surface area contributed by atoms with E-state index >= 15 is 0 Å². The zero-order chi connectivity index (χ0) is 19.7. The molecule has 0 unspecified atom stereocenters. The number of aromatic hydroxyl groups is 1. The van der Waals surface area contributed by atoms with Crippen molar-refractivity contribution in [3.8, 4) is 29.1 Å². The van der Waals surface area contributed by atoms with Crippen LogP contribution in [0.5, 0.6) is 23.0 Å². The Morgan fingerprint density at radius 3 is 2.57 bits per heavy atom. The molecule has 5 nitrogen and oxygen atoms in total. The van der Waals surface area contributed by atoms with E-state index in [2.05, 4.69) is 6.07 Å². The lowest BCUT2D eigenvalue weighted by atomic mass is 9.83. The number of nitrogens with two attached hydrogens (primary N) is 1. The Morgan fingerprint density at radius 1 is 1.04 bits per heavy atom. The third-order valence-electron chi connectivity index (χ3n) is 4.44. The Balaban J connectivity index is 1.75. The molecule has 0 amide bonds. The molecule has 0 saturated carbocycles. The van der Waals surface area contributed by atoms with E-state index in [0.717, 1.165) is 11.1 Å². The van der Waals surface area contributed by atoms with Gasteiger partial charge in [-0.1, -0.05) is 29.8 Å². The van der Waals surface area contributed by atoms with Gasteiger partial charge in [-0.25, -0.2) is 0 Å². The molecular weight excluding hydrogens is 376 g/mol. The molecule has 1 aliphatic heterocycles. The molecule has 1 heterocycles. The number of fused-ring (bicyclic) bond motifs is 1. The fourth-order valence-corrected chi connectivity index (χ4v) is 3.31. The average Bonchev–Trinajstić information content (AvgIpc) is 2.69. The summed E-state index contributed by atoms with van der Waals surface area (Å²) >= 11 is 5.91. The SMILES string of the molecule is N#CC1=C(N)Oc2cc(O)ccc2[C@@H]1c1cccc(Oc2ccc(Cl)cc2)c1. The van der Waals surface area contributed by atoms with Crippen LogP contribution in [-0.4, -0.2) is 5.11 Å². The summed E-state index contributed by atoms with van der Waals surface area (Å²) in [5, 5.41) is 20.0. The van der Waals surface area contributed by atoms with Gasteiger partial charge in [0.1, 0.15) is 34.6 Å². The van der Waals surface area contributed by atoms with Crippen molar-refractivity contribution in [2.24, 2.45) is 5.73 Å². The Kier molecular flexibility index (Phi) is 4.56. The first-order valence-electron chi connectivity index (χ1n) is 8.49. The van der Waals surface area contributed by atoms with Gasteiger partial charge in [0.05, 0.1) is 5.92 Å². The lowest BCUT2D eigenvalue weighted by Gasteiger charge is -2.26. The Hall–Kier alpha value is -3.62. The van der Waals surface area contributed by atoms with Gasteiger partial charge < -0.3 is 20.3 Å². The molecule has 0 aromatic heterocycles. The standard InChI is InChI=1S/C22H15ClN2O3/c23-14-4-7-16(8-5-14)27-17-3-1-2-13(10-17)21-18-9-6-15(26)11-20(18)28-22(25)19(21)12-24/h1-11,21,26H,25H2/t21-/m0/s1. The van der Waals surface area contributed by atoms with Crippen LogP contribution in [0, 0.1) is 11.3 Å². The summed E-state index contributed by atoms with van der Waals surface area (Å²) in [7, 11) is 0. The number of phenolic OH excluding ortho intramolecular Hbond substituents is 1. The van der Waals surface area contributed by atoms with Crippen LogP contribution in [0.25, 0.3) is 0 Å². The minimum Gasteiger partial charge on any atom is -0.508 e. The van der Waals surface area contributed by atoms with E-state index in [-0.39, 0.29) is 11.6 Å². The number of nitrogens with zero attached hydrogens (tertiary/aromatic N) is 1. The summed E-state index contributed by atoms with van der Waals surface area (Å²) in [6.45, 7) is 0. The molecule has 3 N–H and O–H groups in total. The molecule has 0 aliphatic carbocycles. The number of phenols is 1. The maximum absolute atomic E-state index is 9.75. The minimum atomic E-state index is -0.428. The van der Waals surface area contributed by atoms with Crippen LogP contribution in [0.2, 0.25) is 5.02 Å². The van der Waals surface area contributed by atoms with Crippen molar-refractivity contribution in [2.45, 2.75) is 5.92 Å². The van der Waals surface area contributed by atoms with E-state index in [9.17, 15) is 10.4 Å².